The first-order chi connectivity index (χ1) is 9.28. The number of hydrogen-bond acceptors (Lipinski definition) is 5. The molecule has 0 saturated carbocycles. The van der Waals surface area contributed by atoms with Crippen molar-refractivity contribution in [3.8, 4) is 0 Å². The number of carbonyl (C=O) groups excluding carboxylic acids is 1. The lowest BCUT2D eigenvalue weighted by Gasteiger charge is -2.25. The van der Waals surface area contributed by atoms with E-state index in [1.165, 1.54) is 12.1 Å². The van der Waals surface area contributed by atoms with Crippen LogP contribution in [0, 0.1) is 0 Å². The first-order valence-corrected chi connectivity index (χ1v) is 8.38. The topological polar surface area (TPSA) is 105 Å². The predicted octanol–water partition coefficient (Wildman–Crippen LogP) is 0.756. The molecule has 0 spiro atoms. The van der Waals surface area contributed by atoms with Crippen molar-refractivity contribution in [3.63, 3.8) is 0 Å². The van der Waals surface area contributed by atoms with E-state index in [1.54, 1.807) is 0 Å². The average molecular weight is 366 g/mol. The number of aliphatic carboxylic acids is 1. The second kappa shape index (κ2) is 5.57. The van der Waals surface area contributed by atoms with Crippen LogP contribution in [0.4, 0.5) is 0 Å². The average Bonchev–Trinajstić information content (AvgIpc) is 2.91. The van der Waals surface area contributed by atoms with Crippen molar-refractivity contribution >= 4 is 37.6 Å². The summed E-state index contributed by atoms with van der Waals surface area (Å²) in [5.74, 6) is -2.10. The van der Waals surface area contributed by atoms with Gasteiger partial charge in [-0.15, -0.1) is 0 Å². The number of halogens is 1. The maximum atomic E-state index is 12.2. The molecule has 1 saturated heterocycles. The summed E-state index contributed by atoms with van der Waals surface area (Å²) in [7, 11) is -3.21. The van der Waals surface area contributed by atoms with Crippen LogP contribution in [-0.2, 0) is 14.6 Å². The van der Waals surface area contributed by atoms with Crippen LogP contribution in [-0.4, -0.2) is 54.4 Å². The Balaban J connectivity index is 2.24. The van der Waals surface area contributed by atoms with E-state index in [2.05, 4.69) is 15.9 Å². The van der Waals surface area contributed by atoms with E-state index in [4.69, 9.17) is 9.52 Å². The molecule has 0 bridgehead atoms. The van der Waals surface area contributed by atoms with Gasteiger partial charge in [-0.3, -0.25) is 9.59 Å². The Kier molecular flexibility index (Phi) is 4.19. The second-order valence-electron chi connectivity index (χ2n) is 4.49. The fourth-order valence-corrected chi connectivity index (χ4v) is 4.14. The minimum Gasteiger partial charge on any atom is -0.480 e. The summed E-state index contributed by atoms with van der Waals surface area (Å²) in [6, 6.07) is 2.29. The van der Waals surface area contributed by atoms with Crippen LogP contribution in [0.1, 0.15) is 17.0 Å². The lowest BCUT2D eigenvalue weighted by molar-refractivity contribution is -0.138. The maximum Gasteiger partial charge on any atom is 0.323 e. The predicted molar refractivity (Wildman–Crippen MR) is 72.1 cm³/mol. The van der Waals surface area contributed by atoms with Crippen LogP contribution in [0.3, 0.4) is 0 Å². The van der Waals surface area contributed by atoms with Crippen LogP contribution >= 0.6 is 15.9 Å². The normalized spacial score (nSPS) is 20.8. The molecule has 2 rings (SSSR count). The molecule has 1 aromatic heterocycles. The SMILES string of the molecule is O=C(O)CN(C(=O)c1ccc(Br)o1)C1CCS(=O)(=O)C1. The van der Waals surface area contributed by atoms with E-state index in [0.717, 1.165) is 4.90 Å². The molecule has 0 radical (unpaired) electrons. The van der Waals surface area contributed by atoms with Gasteiger partial charge in [-0.1, -0.05) is 0 Å². The lowest BCUT2D eigenvalue weighted by atomic mass is 10.2. The van der Waals surface area contributed by atoms with Crippen molar-refractivity contribution in [2.45, 2.75) is 12.5 Å². The van der Waals surface area contributed by atoms with Gasteiger partial charge in [0.2, 0.25) is 0 Å². The summed E-state index contributed by atoms with van der Waals surface area (Å²) in [5, 5.41) is 8.89. The number of rotatable bonds is 4. The van der Waals surface area contributed by atoms with Crippen molar-refractivity contribution in [2.24, 2.45) is 0 Å². The molecule has 20 heavy (non-hydrogen) atoms. The number of nitrogens with zero attached hydrogens (tertiary/aromatic N) is 1. The second-order valence-corrected chi connectivity index (χ2v) is 7.50. The van der Waals surface area contributed by atoms with Gasteiger partial charge in [-0.25, -0.2) is 8.42 Å². The van der Waals surface area contributed by atoms with Gasteiger partial charge in [0.15, 0.2) is 20.3 Å². The number of hydrogen-bond donors (Lipinski definition) is 1. The molecule has 1 fully saturated rings. The monoisotopic (exact) mass is 365 g/mol. The van der Waals surface area contributed by atoms with Gasteiger partial charge in [0.25, 0.3) is 5.91 Å². The molecule has 7 nitrogen and oxygen atoms in total. The van der Waals surface area contributed by atoms with Gasteiger partial charge < -0.3 is 14.4 Å². The van der Waals surface area contributed by atoms with E-state index in [-0.39, 0.29) is 23.7 Å². The van der Waals surface area contributed by atoms with E-state index >= 15 is 0 Å². The molecular weight excluding hydrogens is 354 g/mol. The van der Waals surface area contributed by atoms with Crippen molar-refractivity contribution in [2.75, 3.05) is 18.1 Å². The van der Waals surface area contributed by atoms with Crippen LogP contribution in [0.5, 0.6) is 0 Å². The Morgan fingerprint density at radius 3 is 2.60 bits per heavy atom. The summed E-state index contributed by atoms with van der Waals surface area (Å²) in [4.78, 5) is 24.2. The minimum absolute atomic E-state index is 0.0255. The molecule has 0 aliphatic carbocycles. The molecule has 9 heteroatoms. The highest BCUT2D eigenvalue weighted by Crippen LogP contribution is 2.22. The highest BCUT2D eigenvalue weighted by molar-refractivity contribution is 9.10. The number of amides is 1. The van der Waals surface area contributed by atoms with Gasteiger partial charge in [-0.2, -0.15) is 0 Å². The Bertz CT molecular complexity index is 637. The summed E-state index contributed by atoms with van der Waals surface area (Å²) < 4.78 is 28.4. The van der Waals surface area contributed by atoms with E-state index in [9.17, 15) is 18.0 Å². The quantitative estimate of drug-likeness (QED) is 0.844. The fraction of sp³-hybridized carbons (Fsp3) is 0.455. The number of carboxylic acids is 1. The molecule has 1 atom stereocenters. The molecular formula is C11H12BrNO6S. The van der Waals surface area contributed by atoms with Crippen LogP contribution in [0.25, 0.3) is 0 Å². The fourth-order valence-electron chi connectivity index (χ4n) is 2.10. The molecule has 1 amide bonds. The van der Waals surface area contributed by atoms with Crippen LogP contribution in [0.2, 0.25) is 0 Å². The molecule has 1 N–H and O–H groups in total. The highest BCUT2D eigenvalue weighted by atomic mass is 79.9. The Morgan fingerprint density at radius 2 is 2.15 bits per heavy atom. The number of furan rings is 1. The van der Waals surface area contributed by atoms with Crippen molar-refractivity contribution in [1.82, 2.24) is 4.90 Å². The van der Waals surface area contributed by atoms with Gasteiger partial charge in [-0.05, 0) is 34.5 Å². The summed E-state index contributed by atoms with van der Waals surface area (Å²) in [5.41, 5.74) is 0. The lowest BCUT2D eigenvalue weighted by Crippen LogP contribution is -2.44. The smallest absolute Gasteiger partial charge is 0.323 e. The number of carbonyl (C=O) groups is 2. The standard InChI is InChI=1S/C11H12BrNO6S/c12-9-2-1-8(19-9)11(16)13(5-10(14)15)7-3-4-20(17,18)6-7/h1-2,7H,3-6H2,(H,14,15). The largest absolute Gasteiger partial charge is 0.480 e. The number of sulfone groups is 1. The maximum absolute atomic E-state index is 12.2. The van der Waals surface area contributed by atoms with E-state index in [0.29, 0.717) is 4.67 Å². The molecule has 110 valence electrons. The highest BCUT2D eigenvalue weighted by Gasteiger charge is 2.36. The van der Waals surface area contributed by atoms with Crippen molar-refractivity contribution < 1.29 is 27.5 Å². The molecule has 1 aliphatic heterocycles. The summed E-state index contributed by atoms with van der Waals surface area (Å²) in [6.45, 7) is -0.558. The van der Waals surface area contributed by atoms with Crippen molar-refractivity contribution in [1.29, 1.82) is 0 Å². The third-order valence-electron chi connectivity index (χ3n) is 3.00. The third kappa shape index (κ3) is 3.40. The van der Waals surface area contributed by atoms with Crippen molar-refractivity contribution in [3.05, 3.63) is 22.6 Å². The van der Waals surface area contributed by atoms with Gasteiger partial charge in [0.1, 0.15) is 6.54 Å². The first kappa shape index (κ1) is 15.0. The summed E-state index contributed by atoms with van der Waals surface area (Å²) >= 11 is 3.05. The zero-order chi connectivity index (χ0) is 14.9. The molecule has 1 aromatic rings. The Morgan fingerprint density at radius 1 is 1.45 bits per heavy atom. The first-order valence-electron chi connectivity index (χ1n) is 5.77. The van der Waals surface area contributed by atoms with E-state index in [1.807, 2.05) is 0 Å². The molecule has 1 unspecified atom stereocenters. The van der Waals surface area contributed by atoms with Gasteiger partial charge in [0, 0.05) is 6.04 Å². The Labute approximate surface area is 123 Å². The van der Waals surface area contributed by atoms with Crippen LogP contribution in [0.15, 0.2) is 21.2 Å². The van der Waals surface area contributed by atoms with E-state index < -0.39 is 34.3 Å². The Hall–Kier alpha value is -1.35. The zero-order valence-electron chi connectivity index (χ0n) is 10.3. The van der Waals surface area contributed by atoms with Gasteiger partial charge in [0.05, 0.1) is 11.5 Å². The zero-order valence-corrected chi connectivity index (χ0v) is 12.7. The third-order valence-corrected chi connectivity index (χ3v) is 5.18. The summed E-state index contributed by atoms with van der Waals surface area (Å²) in [6.07, 6.45) is 0.239. The van der Waals surface area contributed by atoms with Crippen LogP contribution < -0.4 is 0 Å². The molecule has 0 aromatic carbocycles. The number of carboxylic acid groups (broad SMARTS) is 1. The molecule has 2 heterocycles. The molecule has 1 aliphatic rings. The minimum atomic E-state index is -3.21. The van der Waals surface area contributed by atoms with Gasteiger partial charge >= 0.3 is 5.97 Å².